The third kappa shape index (κ3) is 13.2. The van der Waals surface area contributed by atoms with E-state index in [4.69, 9.17) is 22.8 Å². The number of benzene rings is 4. The van der Waals surface area contributed by atoms with Gasteiger partial charge in [-0.25, -0.2) is 9.59 Å². The quantitative estimate of drug-likeness (QED) is 0.0984. The van der Waals surface area contributed by atoms with Crippen molar-refractivity contribution in [2.45, 2.75) is 186 Å². The molecule has 0 radical (unpaired) electrons. The van der Waals surface area contributed by atoms with Crippen LogP contribution in [0.5, 0.6) is 0 Å². The van der Waals surface area contributed by atoms with Crippen LogP contribution in [0.2, 0.25) is 29.7 Å². The molecule has 0 unspecified atom stereocenters. The van der Waals surface area contributed by atoms with E-state index in [1.165, 1.54) is 0 Å². The number of amides is 2. The summed E-state index contributed by atoms with van der Waals surface area (Å²) < 4.78 is 34.1. The predicted molar refractivity (Wildman–Crippen MR) is 299 cm³/mol. The summed E-state index contributed by atoms with van der Waals surface area (Å²) in [6.45, 7) is 31.5. The van der Waals surface area contributed by atoms with E-state index in [-0.39, 0.29) is 29.3 Å². The van der Waals surface area contributed by atoms with E-state index in [1.54, 1.807) is 4.90 Å². The highest BCUT2D eigenvalue weighted by Gasteiger charge is 2.54. The number of nitrogens with zero attached hydrogens (tertiary/aromatic N) is 2. The number of carbonyl (C=O) groups is 2. The zero-order chi connectivity index (χ0) is 52.9. The number of likely N-dealkylation sites (tertiary alicyclic amines) is 2. The van der Waals surface area contributed by atoms with Gasteiger partial charge in [0.05, 0.1) is 37.4 Å². The van der Waals surface area contributed by atoms with Crippen molar-refractivity contribution in [2.75, 3.05) is 13.2 Å². The number of hydrogen-bond acceptors (Lipinski definition) is 8. The second-order valence-corrected chi connectivity index (χ2v) is 37.8. The van der Waals surface area contributed by atoms with Crippen LogP contribution in [0.25, 0.3) is 0 Å². The van der Waals surface area contributed by atoms with Crippen molar-refractivity contribution in [3.63, 3.8) is 0 Å². The molecule has 2 aliphatic rings. The first-order chi connectivity index (χ1) is 33.6. The highest BCUT2D eigenvalue weighted by atomic mass is 28.4. The minimum Gasteiger partial charge on any atom is -0.444 e. The van der Waals surface area contributed by atoms with Crippen molar-refractivity contribution in [3.05, 3.63) is 121 Å². The third-order valence-corrected chi connectivity index (χ3v) is 24.7. The largest absolute Gasteiger partial charge is 0.444 e. The summed E-state index contributed by atoms with van der Waals surface area (Å²) in [6, 6.07) is 40.0. The molecule has 72 heavy (non-hydrogen) atoms. The first-order valence-corrected chi connectivity index (χ1v) is 33.2. The van der Waals surface area contributed by atoms with Crippen molar-refractivity contribution < 1.29 is 37.4 Å². The van der Waals surface area contributed by atoms with Gasteiger partial charge in [0, 0.05) is 0 Å². The molecule has 4 aromatic rings. The number of carbonyl (C=O) groups excluding carboxylic acids is 2. The molecule has 2 fully saturated rings. The molecule has 0 aliphatic carbocycles. The van der Waals surface area contributed by atoms with Crippen LogP contribution in [0.15, 0.2) is 121 Å². The molecule has 0 saturated carbocycles. The Bertz CT molecular complexity index is 2370. The zero-order valence-corrected chi connectivity index (χ0v) is 49.0. The Balaban J connectivity index is 1.35. The first-order valence-electron chi connectivity index (χ1n) is 26.0. The molecule has 2 heterocycles. The van der Waals surface area contributed by atoms with Gasteiger partial charge in [-0.1, -0.05) is 175 Å². The van der Waals surface area contributed by atoms with Crippen molar-refractivity contribution in [2.24, 2.45) is 0 Å². The number of aliphatic hydroxyl groups is 1. The standard InChI is InChI=1S/C59H84N2O8Si3/c1-56(2,3)67-54(63)60-44(42-65-71(58(7,8)9,46-28-20-16-21-29-46)47-30-22-17-23-31-47)36-38-50(60)52(62)40-41-53(69-70(13,14)15)51-39-37-45(61(51)55(64)68-57(4,5)6)43-66-72(59(10,11)12,48-32-24-18-25-33-48)49-34-26-19-27-35-49/h16-35,44-45,50-53,62H,36-39,42-43H2,1-15H3/t44-,45-,50-,51-,52-,53+/m0/s1. The van der Waals surface area contributed by atoms with Crippen LogP contribution in [0, 0.1) is 11.8 Å². The van der Waals surface area contributed by atoms with Gasteiger partial charge < -0.3 is 27.9 Å². The third-order valence-electron chi connectivity index (χ3n) is 13.7. The van der Waals surface area contributed by atoms with Crippen LogP contribution in [0.1, 0.15) is 109 Å². The summed E-state index contributed by atoms with van der Waals surface area (Å²) in [5, 5.41) is 16.4. The van der Waals surface area contributed by atoms with Crippen molar-refractivity contribution >= 4 is 57.9 Å². The number of aliphatic hydroxyl groups excluding tert-OH is 1. The summed E-state index contributed by atoms with van der Waals surface area (Å²) >= 11 is 0. The van der Waals surface area contributed by atoms with Gasteiger partial charge in [0.1, 0.15) is 23.4 Å². The van der Waals surface area contributed by atoms with E-state index >= 15 is 0 Å². The second kappa shape index (κ2) is 22.5. The molecule has 2 amide bonds. The second-order valence-electron chi connectivity index (χ2n) is 24.7. The number of ether oxygens (including phenoxy) is 2. The number of rotatable bonds is 14. The fourth-order valence-corrected chi connectivity index (χ4v) is 20.9. The van der Waals surface area contributed by atoms with E-state index in [9.17, 15) is 14.7 Å². The Labute approximate surface area is 435 Å². The van der Waals surface area contributed by atoms with Gasteiger partial charge in [-0.3, -0.25) is 9.80 Å². The Morgan fingerprint density at radius 1 is 0.528 bits per heavy atom. The fourth-order valence-electron chi connectivity index (χ4n) is 10.8. The Morgan fingerprint density at radius 2 is 0.847 bits per heavy atom. The average Bonchev–Trinajstić information content (AvgIpc) is 3.92. The maximum Gasteiger partial charge on any atom is 0.410 e. The van der Waals surface area contributed by atoms with Crippen molar-refractivity contribution in [1.29, 1.82) is 0 Å². The van der Waals surface area contributed by atoms with E-state index < -0.39 is 78.7 Å². The van der Waals surface area contributed by atoms with Crippen LogP contribution in [0.4, 0.5) is 9.59 Å². The molecule has 0 bridgehead atoms. The zero-order valence-electron chi connectivity index (χ0n) is 46.0. The summed E-state index contributed by atoms with van der Waals surface area (Å²) in [5.41, 5.74) is -1.55. The first kappa shape index (κ1) is 56.8. The molecular weight excluding hydrogens is 949 g/mol. The van der Waals surface area contributed by atoms with Crippen LogP contribution in [-0.4, -0.2) is 113 Å². The molecule has 2 aliphatic heterocycles. The molecule has 6 atom stereocenters. The van der Waals surface area contributed by atoms with Gasteiger partial charge >= 0.3 is 12.2 Å². The molecule has 1 N–H and O–H groups in total. The van der Waals surface area contributed by atoms with Gasteiger partial charge in [0.2, 0.25) is 0 Å². The minimum atomic E-state index is -2.97. The van der Waals surface area contributed by atoms with Gasteiger partial charge in [-0.15, -0.1) is 0 Å². The van der Waals surface area contributed by atoms with E-state index in [1.807, 2.05) is 70.7 Å². The Hall–Kier alpha value is -4.53. The van der Waals surface area contributed by atoms with Gasteiger partial charge in [0.15, 0.2) is 8.32 Å². The maximum absolute atomic E-state index is 14.7. The Kier molecular flexibility index (Phi) is 17.8. The monoisotopic (exact) mass is 1030 g/mol. The lowest BCUT2D eigenvalue weighted by atomic mass is 10.1. The average molecular weight is 1030 g/mol. The summed E-state index contributed by atoms with van der Waals surface area (Å²) in [5.74, 6) is 6.58. The van der Waals surface area contributed by atoms with E-state index in [0.717, 1.165) is 20.7 Å². The molecular formula is C59H84N2O8Si3. The van der Waals surface area contributed by atoms with Gasteiger partial charge in [-0.2, -0.15) is 0 Å². The van der Waals surface area contributed by atoms with Gasteiger partial charge in [-0.05, 0) is 118 Å². The minimum absolute atomic E-state index is 0.245. The maximum atomic E-state index is 14.7. The molecule has 0 spiro atoms. The lowest BCUT2D eigenvalue weighted by molar-refractivity contribution is -0.00274. The topological polar surface area (TPSA) is 107 Å². The molecule has 6 rings (SSSR count). The SMILES string of the molecule is CC(C)(C)OC(=O)N1[C@H](CO[Si](c2ccccc2)(c2ccccc2)C(C)(C)C)CC[C@H]1[C@@H](O)C#C[C@@H](O[Si](C)(C)C)[C@@H]1CC[C@@H](CO[Si](c2ccccc2)(c2ccccc2)C(C)(C)C)N1C(=O)OC(C)(C)C. The lowest BCUT2D eigenvalue weighted by Gasteiger charge is -2.44. The van der Waals surface area contributed by atoms with E-state index in [0.29, 0.717) is 25.7 Å². The molecule has 13 heteroatoms. The lowest BCUT2D eigenvalue weighted by Crippen LogP contribution is -2.67. The Morgan fingerprint density at radius 3 is 1.15 bits per heavy atom. The molecule has 0 aromatic heterocycles. The molecule has 10 nitrogen and oxygen atoms in total. The summed E-state index contributed by atoms with van der Waals surface area (Å²) in [4.78, 5) is 32.6. The van der Waals surface area contributed by atoms with Crippen LogP contribution in [0.3, 0.4) is 0 Å². The summed E-state index contributed by atoms with van der Waals surface area (Å²) in [7, 11) is -8.29. The van der Waals surface area contributed by atoms with E-state index in [2.05, 4.69) is 170 Å². The molecule has 4 aromatic carbocycles. The van der Waals surface area contributed by atoms with Crippen LogP contribution in [-0.2, 0) is 22.8 Å². The summed E-state index contributed by atoms with van der Waals surface area (Å²) in [6.07, 6.45) is -0.703. The highest BCUT2D eigenvalue weighted by Crippen LogP contribution is 2.40. The normalized spacial score (nSPS) is 20.1. The van der Waals surface area contributed by atoms with Crippen molar-refractivity contribution in [3.8, 4) is 11.8 Å². The predicted octanol–water partition coefficient (Wildman–Crippen LogP) is 10.3. The molecule has 2 saturated heterocycles. The smallest absolute Gasteiger partial charge is 0.410 e. The molecule has 390 valence electrons. The van der Waals surface area contributed by atoms with Crippen LogP contribution < -0.4 is 20.7 Å². The number of hydrogen-bond donors (Lipinski definition) is 1. The van der Waals surface area contributed by atoms with Crippen molar-refractivity contribution in [1.82, 2.24) is 9.80 Å². The fraction of sp³-hybridized carbons (Fsp3) is 0.525. The van der Waals surface area contributed by atoms with Crippen LogP contribution >= 0.6 is 0 Å². The highest BCUT2D eigenvalue weighted by molar-refractivity contribution is 7.00. The van der Waals surface area contributed by atoms with Gasteiger partial charge in [0.25, 0.3) is 16.6 Å².